The van der Waals surface area contributed by atoms with E-state index in [9.17, 15) is 4.79 Å². The zero-order valence-corrected chi connectivity index (χ0v) is 12.4. The van der Waals surface area contributed by atoms with Crippen molar-refractivity contribution in [1.29, 1.82) is 0 Å². The van der Waals surface area contributed by atoms with Crippen LogP contribution >= 0.6 is 0 Å². The zero-order valence-electron chi connectivity index (χ0n) is 12.4. The minimum absolute atomic E-state index is 0.0648. The maximum atomic E-state index is 12.3. The van der Waals surface area contributed by atoms with Crippen molar-refractivity contribution in [3.05, 3.63) is 35.9 Å². The Balaban J connectivity index is 2.55. The fourth-order valence-electron chi connectivity index (χ4n) is 2.02. The van der Waals surface area contributed by atoms with Gasteiger partial charge < -0.3 is 10.2 Å². The van der Waals surface area contributed by atoms with E-state index in [-0.39, 0.29) is 11.9 Å². The van der Waals surface area contributed by atoms with Gasteiger partial charge in [-0.1, -0.05) is 30.3 Å². The fourth-order valence-corrected chi connectivity index (χ4v) is 2.02. The third-order valence-corrected chi connectivity index (χ3v) is 2.96. The molecule has 1 aromatic carbocycles. The zero-order chi connectivity index (χ0) is 14.3. The fraction of sp³-hybridized carbons (Fsp3) is 0.533. The van der Waals surface area contributed by atoms with E-state index in [1.165, 1.54) is 0 Å². The second-order valence-electron chi connectivity index (χ2n) is 5.22. The monoisotopic (exact) mass is 263 g/mol. The number of nitrogens with zero attached hydrogens (tertiary/aromatic N) is 2. The second kappa shape index (κ2) is 7.92. The van der Waals surface area contributed by atoms with Crippen LogP contribution in [0.2, 0.25) is 0 Å². The lowest BCUT2D eigenvalue weighted by atomic mass is 10.1. The van der Waals surface area contributed by atoms with E-state index in [1.807, 2.05) is 63.4 Å². The van der Waals surface area contributed by atoms with Crippen molar-refractivity contribution >= 4 is 5.91 Å². The van der Waals surface area contributed by atoms with Crippen LogP contribution in [0, 0.1) is 0 Å². The lowest BCUT2D eigenvalue weighted by Crippen LogP contribution is -2.38. The van der Waals surface area contributed by atoms with E-state index in [0.717, 1.165) is 18.5 Å². The predicted octanol–water partition coefficient (Wildman–Crippen LogP) is 1.36. The van der Waals surface area contributed by atoms with Crippen LogP contribution in [0.25, 0.3) is 0 Å². The first-order chi connectivity index (χ1) is 9.02. The molecule has 0 radical (unpaired) electrons. The molecule has 0 aliphatic heterocycles. The Hall–Kier alpha value is -1.39. The number of carbonyl (C=O) groups excluding carboxylic acids is 1. The normalized spacial score (nSPS) is 12.7. The average molecular weight is 263 g/mol. The summed E-state index contributed by atoms with van der Waals surface area (Å²) in [4.78, 5) is 16.3. The maximum Gasteiger partial charge on any atom is 0.241 e. The SMILES string of the molecule is CN(C)CCCNC(=O)C(c1ccccc1)N(C)C. The summed E-state index contributed by atoms with van der Waals surface area (Å²) in [7, 11) is 7.93. The Labute approximate surface area is 116 Å². The Kier molecular flexibility index (Phi) is 6.53. The smallest absolute Gasteiger partial charge is 0.241 e. The van der Waals surface area contributed by atoms with Gasteiger partial charge >= 0.3 is 0 Å². The third kappa shape index (κ3) is 5.41. The summed E-state index contributed by atoms with van der Waals surface area (Å²) in [5.41, 5.74) is 1.03. The van der Waals surface area contributed by atoms with Gasteiger partial charge in [-0.05, 0) is 46.7 Å². The van der Waals surface area contributed by atoms with Crippen LogP contribution in [-0.2, 0) is 4.79 Å². The molecule has 1 amide bonds. The van der Waals surface area contributed by atoms with Crippen LogP contribution < -0.4 is 5.32 Å². The molecule has 0 fully saturated rings. The summed E-state index contributed by atoms with van der Waals surface area (Å²) in [6.07, 6.45) is 0.966. The van der Waals surface area contributed by atoms with Gasteiger partial charge in [0, 0.05) is 6.54 Å². The van der Waals surface area contributed by atoms with Crippen molar-refractivity contribution in [2.45, 2.75) is 12.5 Å². The van der Waals surface area contributed by atoms with E-state index in [0.29, 0.717) is 6.54 Å². The lowest BCUT2D eigenvalue weighted by Gasteiger charge is -2.24. The number of likely N-dealkylation sites (N-methyl/N-ethyl adjacent to an activating group) is 1. The number of amides is 1. The molecule has 1 unspecified atom stereocenters. The van der Waals surface area contributed by atoms with Crippen molar-refractivity contribution in [1.82, 2.24) is 15.1 Å². The third-order valence-electron chi connectivity index (χ3n) is 2.96. The highest BCUT2D eigenvalue weighted by molar-refractivity contribution is 5.83. The standard InChI is InChI=1S/C15H25N3O/c1-17(2)12-8-11-16-15(19)14(18(3)4)13-9-6-5-7-10-13/h5-7,9-10,14H,8,11-12H2,1-4H3,(H,16,19). The average Bonchev–Trinajstić information content (AvgIpc) is 2.35. The molecule has 0 aromatic heterocycles. The molecule has 0 aliphatic carbocycles. The highest BCUT2D eigenvalue weighted by Crippen LogP contribution is 2.17. The molecule has 4 heteroatoms. The molecular formula is C15H25N3O. The van der Waals surface area contributed by atoms with Crippen molar-refractivity contribution in [2.75, 3.05) is 41.3 Å². The Bertz CT molecular complexity index is 376. The van der Waals surface area contributed by atoms with Gasteiger partial charge in [-0.15, -0.1) is 0 Å². The van der Waals surface area contributed by atoms with Gasteiger partial charge in [-0.25, -0.2) is 0 Å². The van der Waals surface area contributed by atoms with Crippen molar-refractivity contribution in [3.63, 3.8) is 0 Å². The van der Waals surface area contributed by atoms with Crippen molar-refractivity contribution in [3.8, 4) is 0 Å². The van der Waals surface area contributed by atoms with Crippen LogP contribution in [0.1, 0.15) is 18.0 Å². The molecule has 19 heavy (non-hydrogen) atoms. The number of nitrogens with one attached hydrogen (secondary N) is 1. The molecule has 1 atom stereocenters. The van der Waals surface area contributed by atoms with E-state index in [4.69, 9.17) is 0 Å². The molecule has 1 rings (SSSR count). The van der Waals surface area contributed by atoms with Gasteiger partial charge in [0.05, 0.1) is 0 Å². The molecule has 0 heterocycles. The first-order valence-electron chi connectivity index (χ1n) is 6.66. The van der Waals surface area contributed by atoms with Crippen LogP contribution in [0.4, 0.5) is 0 Å². The first kappa shape index (κ1) is 15.7. The maximum absolute atomic E-state index is 12.3. The van der Waals surface area contributed by atoms with Gasteiger partial charge in [0.2, 0.25) is 5.91 Å². The summed E-state index contributed by atoms with van der Waals surface area (Å²) < 4.78 is 0. The minimum Gasteiger partial charge on any atom is -0.354 e. The van der Waals surface area contributed by atoms with Crippen molar-refractivity contribution in [2.24, 2.45) is 0 Å². The summed E-state index contributed by atoms with van der Waals surface area (Å²) in [5.74, 6) is 0.0648. The van der Waals surface area contributed by atoms with Gasteiger partial charge in [-0.3, -0.25) is 9.69 Å². The summed E-state index contributed by atoms with van der Waals surface area (Å²) >= 11 is 0. The van der Waals surface area contributed by atoms with E-state index in [2.05, 4.69) is 10.2 Å². The van der Waals surface area contributed by atoms with Crippen LogP contribution in [-0.4, -0.2) is 57.0 Å². The summed E-state index contributed by atoms with van der Waals surface area (Å²) in [6.45, 7) is 1.70. The Morgan fingerprint density at radius 1 is 1.16 bits per heavy atom. The molecule has 0 saturated carbocycles. The van der Waals surface area contributed by atoms with Gasteiger partial charge in [-0.2, -0.15) is 0 Å². The molecule has 4 nitrogen and oxygen atoms in total. The largest absolute Gasteiger partial charge is 0.354 e. The molecule has 0 bridgehead atoms. The minimum atomic E-state index is -0.222. The predicted molar refractivity (Wildman–Crippen MR) is 79.1 cm³/mol. The van der Waals surface area contributed by atoms with E-state index in [1.54, 1.807) is 0 Å². The van der Waals surface area contributed by atoms with Crippen LogP contribution in [0.3, 0.4) is 0 Å². The first-order valence-corrected chi connectivity index (χ1v) is 6.66. The molecule has 1 aromatic rings. The van der Waals surface area contributed by atoms with Gasteiger partial charge in [0.15, 0.2) is 0 Å². The van der Waals surface area contributed by atoms with Crippen LogP contribution in [0.15, 0.2) is 30.3 Å². The second-order valence-corrected chi connectivity index (χ2v) is 5.22. The number of benzene rings is 1. The highest BCUT2D eigenvalue weighted by atomic mass is 16.2. The van der Waals surface area contributed by atoms with Gasteiger partial charge in [0.25, 0.3) is 0 Å². The van der Waals surface area contributed by atoms with Crippen molar-refractivity contribution < 1.29 is 4.79 Å². The number of rotatable bonds is 7. The molecule has 0 spiro atoms. The molecule has 0 aliphatic rings. The summed E-state index contributed by atoms with van der Waals surface area (Å²) in [6, 6.07) is 9.65. The molecular weight excluding hydrogens is 238 g/mol. The summed E-state index contributed by atoms with van der Waals surface area (Å²) in [5, 5.41) is 3.01. The Morgan fingerprint density at radius 2 is 1.79 bits per heavy atom. The molecule has 1 N–H and O–H groups in total. The molecule has 0 saturated heterocycles. The number of hydrogen-bond acceptors (Lipinski definition) is 3. The number of hydrogen-bond donors (Lipinski definition) is 1. The van der Waals surface area contributed by atoms with E-state index < -0.39 is 0 Å². The lowest BCUT2D eigenvalue weighted by molar-refractivity contribution is -0.125. The highest BCUT2D eigenvalue weighted by Gasteiger charge is 2.21. The Morgan fingerprint density at radius 3 is 2.32 bits per heavy atom. The molecule has 106 valence electrons. The quantitative estimate of drug-likeness (QED) is 0.755. The topological polar surface area (TPSA) is 35.6 Å². The van der Waals surface area contributed by atoms with Crippen LogP contribution in [0.5, 0.6) is 0 Å². The van der Waals surface area contributed by atoms with Gasteiger partial charge in [0.1, 0.15) is 6.04 Å². The number of carbonyl (C=O) groups is 1. The van der Waals surface area contributed by atoms with E-state index >= 15 is 0 Å².